The van der Waals surface area contributed by atoms with Crippen LogP contribution in [0, 0.1) is 5.82 Å². The van der Waals surface area contributed by atoms with Gasteiger partial charge in [-0.3, -0.25) is 4.79 Å². The quantitative estimate of drug-likeness (QED) is 0.396. The highest BCUT2D eigenvalue weighted by atomic mass is 32.2. The van der Waals surface area contributed by atoms with Crippen molar-refractivity contribution in [3.05, 3.63) is 65.6 Å². The van der Waals surface area contributed by atoms with E-state index in [0.29, 0.717) is 18.2 Å². The molecule has 0 fully saturated rings. The molecule has 0 bridgehead atoms. The standard InChI is InChI=1S/C21H15F7N4O4S/c1-29-37(2,34)13-5-3-4-11(8-13)30-18(33)14-10-17(20(23,24)25)31-32-19(14)35-12-6-7-16(15(22)9-12)36-21(26,27)28/h3-10H,1-2H3,(H,30,33). The van der Waals surface area contributed by atoms with E-state index in [9.17, 15) is 39.7 Å². The fraction of sp³-hybridized carbons (Fsp3) is 0.190. The molecule has 0 aliphatic carbocycles. The van der Waals surface area contributed by atoms with Gasteiger partial charge in [0.1, 0.15) is 11.3 Å². The van der Waals surface area contributed by atoms with E-state index >= 15 is 0 Å². The molecule has 1 atom stereocenters. The molecule has 1 aromatic heterocycles. The Hall–Kier alpha value is -3.95. The van der Waals surface area contributed by atoms with E-state index in [1.165, 1.54) is 37.6 Å². The highest BCUT2D eigenvalue weighted by Gasteiger charge is 2.35. The minimum atomic E-state index is -5.18. The second-order valence-corrected chi connectivity index (χ2v) is 9.60. The Kier molecular flexibility index (Phi) is 7.62. The predicted molar refractivity (Wildman–Crippen MR) is 115 cm³/mol. The summed E-state index contributed by atoms with van der Waals surface area (Å²) >= 11 is 0. The number of amides is 1. The van der Waals surface area contributed by atoms with Crippen molar-refractivity contribution in [2.24, 2.45) is 4.36 Å². The van der Waals surface area contributed by atoms with Crippen LogP contribution in [-0.2, 0) is 15.9 Å². The van der Waals surface area contributed by atoms with Gasteiger partial charge < -0.3 is 14.8 Å². The summed E-state index contributed by atoms with van der Waals surface area (Å²) in [6.07, 6.45) is -8.84. The van der Waals surface area contributed by atoms with Crippen LogP contribution >= 0.6 is 0 Å². The molecule has 0 saturated carbocycles. The lowest BCUT2D eigenvalue weighted by atomic mass is 10.2. The normalized spacial score (nSPS) is 13.4. The zero-order valence-corrected chi connectivity index (χ0v) is 19.5. The van der Waals surface area contributed by atoms with Gasteiger partial charge in [0.05, 0.1) is 9.73 Å². The van der Waals surface area contributed by atoms with Gasteiger partial charge >= 0.3 is 12.5 Å². The molecule has 1 heterocycles. The zero-order chi connectivity index (χ0) is 27.6. The number of ether oxygens (including phenoxy) is 2. The van der Waals surface area contributed by atoms with E-state index in [1.54, 1.807) is 0 Å². The van der Waals surface area contributed by atoms with Crippen LogP contribution in [0.2, 0.25) is 0 Å². The van der Waals surface area contributed by atoms with Crippen molar-refractivity contribution in [2.45, 2.75) is 17.4 Å². The van der Waals surface area contributed by atoms with Crippen molar-refractivity contribution in [3.8, 4) is 17.4 Å². The minimum Gasteiger partial charge on any atom is -0.437 e. The number of carbonyl (C=O) groups excluding carboxylic acids is 1. The van der Waals surface area contributed by atoms with E-state index < -0.39 is 62.6 Å². The molecule has 1 unspecified atom stereocenters. The molecule has 2 aromatic carbocycles. The molecule has 1 amide bonds. The smallest absolute Gasteiger partial charge is 0.437 e. The maximum absolute atomic E-state index is 14.0. The molecule has 3 rings (SSSR count). The number of anilines is 1. The van der Waals surface area contributed by atoms with Crippen molar-refractivity contribution >= 4 is 21.3 Å². The van der Waals surface area contributed by atoms with Gasteiger partial charge in [-0.25, -0.2) is 13.0 Å². The van der Waals surface area contributed by atoms with Crippen molar-refractivity contribution in [1.29, 1.82) is 0 Å². The summed E-state index contributed by atoms with van der Waals surface area (Å²) in [6, 6.07) is 7.68. The Morgan fingerprint density at radius 1 is 1.03 bits per heavy atom. The number of nitrogens with zero attached hydrogens (tertiary/aromatic N) is 3. The molecule has 8 nitrogen and oxygen atoms in total. The summed E-state index contributed by atoms with van der Waals surface area (Å²) in [5.41, 5.74) is -2.31. The second kappa shape index (κ2) is 10.2. The van der Waals surface area contributed by atoms with E-state index in [-0.39, 0.29) is 10.6 Å². The molecular weight excluding hydrogens is 537 g/mol. The summed E-state index contributed by atoms with van der Waals surface area (Å²) in [5, 5.41) is 8.49. The lowest BCUT2D eigenvalue weighted by Crippen LogP contribution is -2.18. The lowest BCUT2D eigenvalue weighted by Gasteiger charge is -2.14. The van der Waals surface area contributed by atoms with Crippen LogP contribution in [0.3, 0.4) is 0 Å². The summed E-state index contributed by atoms with van der Waals surface area (Å²) in [4.78, 5) is 13.1. The third-order valence-corrected chi connectivity index (χ3v) is 6.34. The van der Waals surface area contributed by atoms with Crippen molar-refractivity contribution < 1.29 is 49.2 Å². The highest BCUT2D eigenvalue weighted by molar-refractivity contribution is 7.93. The number of benzene rings is 2. The second-order valence-electron chi connectivity index (χ2n) is 7.16. The molecule has 16 heteroatoms. The van der Waals surface area contributed by atoms with Gasteiger partial charge in [-0.15, -0.1) is 23.4 Å². The van der Waals surface area contributed by atoms with Gasteiger partial charge in [0.2, 0.25) is 0 Å². The third kappa shape index (κ3) is 7.05. The molecule has 0 spiro atoms. The molecule has 0 radical (unpaired) electrons. The first kappa shape index (κ1) is 27.6. The number of hydrogen-bond acceptors (Lipinski definition) is 7. The molecule has 0 saturated heterocycles. The van der Waals surface area contributed by atoms with E-state index in [0.717, 1.165) is 6.07 Å². The van der Waals surface area contributed by atoms with Gasteiger partial charge in [-0.05, 0) is 36.4 Å². The minimum absolute atomic E-state index is 0.0387. The summed E-state index contributed by atoms with van der Waals surface area (Å²) in [7, 11) is -1.48. The first-order valence-electron chi connectivity index (χ1n) is 9.79. The summed E-state index contributed by atoms with van der Waals surface area (Å²) in [6.45, 7) is 0. The van der Waals surface area contributed by atoms with E-state index in [2.05, 4.69) is 24.6 Å². The Morgan fingerprint density at radius 3 is 2.32 bits per heavy atom. The number of aromatic nitrogens is 2. The van der Waals surface area contributed by atoms with Crippen LogP contribution in [0.15, 0.2) is 57.8 Å². The van der Waals surface area contributed by atoms with Crippen LogP contribution < -0.4 is 14.8 Å². The predicted octanol–water partition coefficient (Wildman–Crippen LogP) is 5.66. The number of halogens is 7. The molecular formula is C21H15F7N4O4S. The van der Waals surface area contributed by atoms with Crippen LogP contribution in [0.5, 0.6) is 17.4 Å². The Bertz CT molecular complexity index is 1450. The van der Waals surface area contributed by atoms with Crippen LogP contribution in [0.1, 0.15) is 16.1 Å². The van der Waals surface area contributed by atoms with Crippen LogP contribution in [0.4, 0.5) is 36.4 Å². The largest absolute Gasteiger partial charge is 0.573 e. The van der Waals surface area contributed by atoms with Gasteiger partial charge in [0.25, 0.3) is 11.8 Å². The monoisotopic (exact) mass is 552 g/mol. The average molecular weight is 552 g/mol. The van der Waals surface area contributed by atoms with Gasteiger partial charge in [-0.1, -0.05) is 6.07 Å². The number of nitrogens with one attached hydrogen (secondary N) is 1. The summed E-state index contributed by atoms with van der Waals surface area (Å²) < 4.78 is 115. The van der Waals surface area contributed by atoms with E-state index in [4.69, 9.17) is 4.74 Å². The van der Waals surface area contributed by atoms with Crippen molar-refractivity contribution in [2.75, 3.05) is 18.6 Å². The van der Waals surface area contributed by atoms with Crippen molar-refractivity contribution in [1.82, 2.24) is 10.2 Å². The van der Waals surface area contributed by atoms with Crippen molar-refractivity contribution in [3.63, 3.8) is 0 Å². The molecule has 0 aliphatic heterocycles. The number of rotatable bonds is 6. The van der Waals surface area contributed by atoms with E-state index in [1.807, 2.05) is 0 Å². The van der Waals surface area contributed by atoms with Gasteiger partial charge in [0.15, 0.2) is 17.3 Å². The molecule has 1 N–H and O–H groups in total. The first-order chi connectivity index (χ1) is 17.1. The number of alkyl halides is 6. The molecule has 0 aliphatic rings. The Labute approximate surface area is 204 Å². The SMILES string of the molecule is CN=S(C)(=O)c1cccc(NC(=O)c2cc(C(F)(F)F)nnc2Oc2ccc(OC(F)(F)F)c(F)c2)c1. The lowest BCUT2D eigenvalue weighted by molar-refractivity contribution is -0.275. The zero-order valence-electron chi connectivity index (χ0n) is 18.6. The van der Waals surface area contributed by atoms with Crippen LogP contribution in [0.25, 0.3) is 0 Å². The van der Waals surface area contributed by atoms with Crippen LogP contribution in [-0.4, -0.2) is 40.0 Å². The molecule has 198 valence electrons. The molecule has 3 aromatic rings. The topological polar surface area (TPSA) is 103 Å². The van der Waals surface area contributed by atoms with Gasteiger partial charge in [0, 0.05) is 30.0 Å². The third-order valence-electron chi connectivity index (χ3n) is 4.52. The average Bonchev–Trinajstić information content (AvgIpc) is 2.79. The molecule has 37 heavy (non-hydrogen) atoms. The Balaban J connectivity index is 1.97. The summed E-state index contributed by atoms with van der Waals surface area (Å²) in [5.74, 6) is -5.20. The first-order valence-corrected chi connectivity index (χ1v) is 11.7. The fourth-order valence-corrected chi connectivity index (χ4v) is 3.62. The fourth-order valence-electron chi connectivity index (χ4n) is 2.73. The maximum atomic E-state index is 14.0. The Morgan fingerprint density at radius 2 is 1.73 bits per heavy atom. The highest BCUT2D eigenvalue weighted by Crippen LogP contribution is 2.33. The maximum Gasteiger partial charge on any atom is 0.573 e. The number of carbonyl (C=O) groups is 1. The number of hydrogen-bond donors (Lipinski definition) is 1. The van der Waals surface area contributed by atoms with Gasteiger partial charge in [-0.2, -0.15) is 13.2 Å².